The van der Waals surface area contributed by atoms with Crippen LogP contribution in [0.1, 0.15) is 0 Å². The van der Waals surface area contributed by atoms with Crippen LogP contribution < -0.4 is 25.0 Å². The average molecular weight is 558 g/mol. The van der Waals surface area contributed by atoms with Gasteiger partial charge in [0.25, 0.3) is 0 Å². The zero-order valence-electron chi connectivity index (χ0n) is 23.0. The Morgan fingerprint density at radius 1 is 1.27 bits per heavy atom. The van der Waals surface area contributed by atoms with E-state index in [4.69, 9.17) is 9.47 Å². The first-order valence-electron chi connectivity index (χ1n) is 13.6. The van der Waals surface area contributed by atoms with Crippen molar-refractivity contribution in [3.63, 3.8) is 0 Å². The second-order valence-corrected chi connectivity index (χ2v) is 10.4. The van der Waals surface area contributed by atoms with Crippen molar-refractivity contribution < 1.29 is 18.7 Å². The standard InChI is InChI=1S/C30H32FN7O3/c1-36(2)13-3-4-27(39)37-14-15-38-20(17-37)18-40-29-26(38)8-7-25-28(29)30(34-19-33-25)35-24-6-5-22(16-23(24)31)41-21-9-11-32-12-10-21/h3-11,16,19-20,32H,12-15,17-18H2,1-2H3,(H,33,34,35)/b4-3+. The van der Waals surface area contributed by atoms with Gasteiger partial charge in [-0.25, -0.2) is 14.4 Å². The van der Waals surface area contributed by atoms with Gasteiger partial charge in [-0.2, -0.15) is 0 Å². The Kier molecular flexibility index (Phi) is 7.43. The molecule has 0 radical (unpaired) electrons. The number of nitrogens with zero attached hydrogens (tertiary/aromatic N) is 5. The zero-order valence-corrected chi connectivity index (χ0v) is 23.0. The van der Waals surface area contributed by atoms with Gasteiger partial charge in [0.2, 0.25) is 5.91 Å². The number of fused-ring (bicyclic) bond motifs is 5. The number of carbonyl (C=O) groups is 1. The number of anilines is 3. The number of rotatable bonds is 7. The average Bonchev–Trinajstić information content (AvgIpc) is 2.98. The van der Waals surface area contributed by atoms with Gasteiger partial charge in [-0.05, 0) is 50.5 Å². The second kappa shape index (κ2) is 11.5. The highest BCUT2D eigenvalue weighted by Crippen LogP contribution is 2.43. The van der Waals surface area contributed by atoms with Crippen LogP contribution in [-0.4, -0.2) is 85.1 Å². The molecule has 3 aromatic rings. The molecule has 2 N–H and O–H groups in total. The summed E-state index contributed by atoms with van der Waals surface area (Å²) < 4.78 is 27.2. The molecule has 41 heavy (non-hydrogen) atoms. The number of amides is 1. The predicted octanol–water partition coefficient (Wildman–Crippen LogP) is 3.42. The minimum atomic E-state index is -0.473. The molecule has 0 saturated carbocycles. The van der Waals surface area contributed by atoms with Gasteiger partial charge < -0.3 is 34.8 Å². The van der Waals surface area contributed by atoms with Crippen molar-refractivity contribution in [2.75, 3.05) is 63.6 Å². The van der Waals surface area contributed by atoms with Crippen molar-refractivity contribution in [3.8, 4) is 11.5 Å². The SMILES string of the molecule is CN(C)C/C=C/C(=O)N1CCN2c3ccc4ncnc(Nc5ccc(OC6=CCNC=C6)cc5F)c4c3OCC2C1. The lowest BCUT2D eigenvalue weighted by atomic mass is 10.1. The maximum absolute atomic E-state index is 15.2. The molecule has 0 bridgehead atoms. The molecule has 1 atom stereocenters. The summed E-state index contributed by atoms with van der Waals surface area (Å²) in [6.07, 6.45) is 10.4. The van der Waals surface area contributed by atoms with E-state index in [1.807, 2.05) is 48.2 Å². The van der Waals surface area contributed by atoms with Crippen molar-refractivity contribution in [2.24, 2.45) is 0 Å². The quantitative estimate of drug-likeness (QED) is 0.424. The molecule has 4 heterocycles. The highest BCUT2D eigenvalue weighted by molar-refractivity contribution is 6.00. The highest BCUT2D eigenvalue weighted by atomic mass is 19.1. The van der Waals surface area contributed by atoms with Crippen LogP contribution in [0.15, 0.2) is 72.9 Å². The molecule has 1 amide bonds. The number of hydrogen-bond donors (Lipinski definition) is 2. The Morgan fingerprint density at radius 2 is 2.17 bits per heavy atom. The Hall–Kier alpha value is -4.64. The smallest absolute Gasteiger partial charge is 0.246 e. The fourth-order valence-electron chi connectivity index (χ4n) is 5.18. The van der Waals surface area contributed by atoms with Crippen molar-refractivity contribution >= 4 is 34.0 Å². The molecule has 1 fully saturated rings. The number of benzene rings is 2. The number of nitrogens with one attached hydrogen (secondary N) is 2. The normalized spacial score (nSPS) is 18.0. The topological polar surface area (TPSA) is 95.1 Å². The molecular formula is C30H32FN7O3. The molecular weight excluding hydrogens is 525 g/mol. The van der Waals surface area contributed by atoms with Gasteiger partial charge in [0.15, 0.2) is 5.75 Å². The third-order valence-corrected chi connectivity index (χ3v) is 7.21. The lowest BCUT2D eigenvalue weighted by Gasteiger charge is -2.45. The number of allylic oxidation sites excluding steroid dienone is 1. The number of carbonyl (C=O) groups excluding carboxylic acids is 1. The molecule has 1 saturated heterocycles. The maximum Gasteiger partial charge on any atom is 0.246 e. The summed E-state index contributed by atoms with van der Waals surface area (Å²) in [4.78, 5) is 27.8. The van der Waals surface area contributed by atoms with E-state index < -0.39 is 5.82 Å². The third-order valence-electron chi connectivity index (χ3n) is 7.21. The van der Waals surface area contributed by atoms with Crippen LogP contribution in [0.4, 0.5) is 21.6 Å². The number of likely N-dealkylation sites (N-methyl/N-ethyl adjacent to an activating group) is 1. The number of halogens is 1. The monoisotopic (exact) mass is 557 g/mol. The zero-order chi connectivity index (χ0) is 28.3. The Bertz CT molecular complexity index is 1550. The molecule has 0 spiro atoms. The first kappa shape index (κ1) is 26.6. The summed E-state index contributed by atoms with van der Waals surface area (Å²) in [7, 11) is 3.93. The lowest BCUT2D eigenvalue weighted by molar-refractivity contribution is -0.127. The Morgan fingerprint density at radius 3 is 2.98 bits per heavy atom. The number of dihydropyridines is 1. The first-order chi connectivity index (χ1) is 20.0. The lowest BCUT2D eigenvalue weighted by Crippen LogP contribution is -2.58. The first-order valence-corrected chi connectivity index (χ1v) is 13.6. The largest absolute Gasteiger partial charge is 0.488 e. The van der Waals surface area contributed by atoms with E-state index in [9.17, 15) is 4.79 Å². The summed E-state index contributed by atoms with van der Waals surface area (Å²) in [5.74, 6) is 1.69. The minimum absolute atomic E-state index is 0.0121. The van der Waals surface area contributed by atoms with Gasteiger partial charge in [0.1, 0.15) is 36.1 Å². The Balaban J connectivity index is 1.22. The molecule has 212 valence electrons. The van der Waals surface area contributed by atoms with E-state index in [-0.39, 0.29) is 17.6 Å². The van der Waals surface area contributed by atoms with Gasteiger partial charge >= 0.3 is 0 Å². The molecule has 11 heteroatoms. The summed E-state index contributed by atoms with van der Waals surface area (Å²) in [6.45, 7) is 3.64. The molecule has 1 unspecified atom stereocenters. The van der Waals surface area contributed by atoms with Gasteiger partial charge in [-0.15, -0.1) is 0 Å². The fraction of sp³-hybridized carbons (Fsp3) is 0.300. The maximum atomic E-state index is 15.2. The molecule has 3 aliphatic heterocycles. The molecule has 2 aromatic carbocycles. The highest BCUT2D eigenvalue weighted by Gasteiger charge is 2.35. The van der Waals surface area contributed by atoms with Crippen LogP contribution in [-0.2, 0) is 4.79 Å². The van der Waals surface area contributed by atoms with Crippen molar-refractivity contribution in [3.05, 3.63) is 78.7 Å². The van der Waals surface area contributed by atoms with Crippen molar-refractivity contribution in [1.82, 2.24) is 25.1 Å². The summed E-state index contributed by atoms with van der Waals surface area (Å²) in [5.41, 5.74) is 1.85. The molecule has 1 aromatic heterocycles. The molecule has 10 nitrogen and oxygen atoms in total. The van der Waals surface area contributed by atoms with Crippen LogP contribution in [0.3, 0.4) is 0 Å². The summed E-state index contributed by atoms with van der Waals surface area (Å²) in [6, 6.07) is 8.61. The van der Waals surface area contributed by atoms with Gasteiger partial charge in [-0.1, -0.05) is 6.08 Å². The van der Waals surface area contributed by atoms with E-state index in [0.29, 0.717) is 73.3 Å². The predicted molar refractivity (Wildman–Crippen MR) is 156 cm³/mol. The van der Waals surface area contributed by atoms with E-state index in [0.717, 1.165) is 5.69 Å². The molecule has 0 aliphatic carbocycles. The third kappa shape index (κ3) is 5.66. The van der Waals surface area contributed by atoms with Gasteiger partial charge in [0, 0.05) is 51.1 Å². The van der Waals surface area contributed by atoms with Crippen LogP contribution in [0.2, 0.25) is 0 Å². The van der Waals surface area contributed by atoms with E-state index in [1.165, 1.54) is 12.4 Å². The number of ether oxygens (including phenoxy) is 2. The van der Waals surface area contributed by atoms with E-state index >= 15 is 4.39 Å². The minimum Gasteiger partial charge on any atom is -0.488 e. The van der Waals surface area contributed by atoms with Crippen LogP contribution >= 0.6 is 0 Å². The molecule has 6 rings (SSSR count). The van der Waals surface area contributed by atoms with Crippen molar-refractivity contribution in [2.45, 2.75) is 6.04 Å². The van der Waals surface area contributed by atoms with Crippen LogP contribution in [0.25, 0.3) is 10.9 Å². The Labute approximate surface area is 237 Å². The van der Waals surface area contributed by atoms with Crippen molar-refractivity contribution in [1.29, 1.82) is 0 Å². The van der Waals surface area contributed by atoms with E-state index in [1.54, 1.807) is 30.5 Å². The number of hydrogen-bond acceptors (Lipinski definition) is 9. The second-order valence-electron chi connectivity index (χ2n) is 10.4. The van der Waals surface area contributed by atoms with E-state index in [2.05, 4.69) is 25.5 Å². The number of aromatic nitrogens is 2. The summed E-state index contributed by atoms with van der Waals surface area (Å²) in [5, 5.41) is 6.86. The summed E-state index contributed by atoms with van der Waals surface area (Å²) >= 11 is 0. The van der Waals surface area contributed by atoms with Gasteiger partial charge in [-0.3, -0.25) is 4.79 Å². The van der Waals surface area contributed by atoms with Crippen LogP contribution in [0, 0.1) is 5.82 Å². The van der Waals surface area contributed by atoms with Crippen LogP contribution in [0.5, 0.6) is 11.5 Å². The van der Waals surface area contributed by atoms with Gasteiger partial charge in [0.05, 0.1) is 28.3 Å². The molecule has 3 aliphatic rings. The fourth-order valence-corrected chi connectivity index (χ4v) is 5.18. The number of piperazine rings is 1.